The minimum Gasteiger partial charge on any atom is -0.338 e. The van der Waals surface area contributed by atoms with Gasteiger partial charge in [-0.2, -0.15) is 0 Å². The summed E-state index contributed by atoms with van der Waals surface area (Å²) in [6.07, 6.45) is 1.91. The van der Waals surface area contributed by atoms with E-state index in [1.807, 2.05) is 16.8 Å². The molecule has 0 atom stereocenters. The summed E-state index contributed by atoms with van der Waals surface area (Å²) in [6, 6.07) is 8.33. The Morgan fingerprint density at radius 1 is 1.41 bits per heavy atom. The molecule has 0 unspecified atom stereocenters. The molecule has 90 valence electrons. The fourth-order valence-corrected chi connectivity index (χ4v) is 1.92. The lowest BCUT2D eigenvalue weighted by Crippen LogP contribution is -2.33. The Hall–Kier alpha value is -1.81. The quantitative estimate of drug-likeness (QED) is 0.480. The molecule has 1 amide bonds. The number of carbonyl (C=O) groups is 1. The lowest BCUT2D eigenvalue weighted by atomic mass is 10.0. The molecule has 1 aromatic heterocycles. The Labute approximate surface area is 100 Å². The van der Waals surface area contributed by atoms with E-state index in [1.54, 1.807) is 0 Å². The van der Waals surface area contributed by atoms with E-state index in [0.29, 0.717) is 5.92 Å². The normalized spacial score (nSPS) is 11.1. The van der Waals surface area contributed by atoms with Crippen molar-refractivity contribution >= 4 is 16.8 Å². The fourth-order valence-electron chi connectivity index (χ4n) is 1.92. The summed E-state index contributed by atoms with van der Waals surface area (Å²) in [5.74, 6) is 5.39. The molecule has 4 heteroatoms. The standard InChI is InChI=1S/C13H17N3O/c1-9(2)10-3-4-12-11(7-10)5-6-16(12)8-13(17)15-14/h3-7,9H,8,14H2,1-2H3,(H,15,17). The number of hydrazine groups is 1. The summed E-state index contributed by atoms with van der Waals surface area (Å²) in [4.78, 5) is 11.2. The number of hydrogen-bond donors (Lipinski definition) is 2. The predicted octanol–water partition coefficient (Wildman–Crippen LogP) is 1.75. The minimum atomic E-state index is -0.199. The third-order valence-corrected chi connectivity index (χ3v) is 2.94. The van der Waals surface area contributed by atoms with Crippen molar-refractivity contribution in [2.24, 2.45) is 5.84 Å². The van der Waals surface area contributed by atoms with Crippen molar-refractivity contribution in [1.29, 1.82) is 0 Å². The van der Waals surface area contributed by atoms with Gasteiger partial charge in [0.2, 0.25) is 0 Å². The summed E-state index contributed by atoms with van der Waals surface area (Å²) in [6.45, 7) is 4.58. The largest absolute Gasteiger partial charge is 0.338 e. The van der Waals surface area contributed by atoms with Gasteiger partial charge >= 0.3 is 0 Å². The number of hydrogen-bond acceptors (Lipinski definition) is 2. The highest BCUT2D eigenvalue weighted by Gasteiger charge is 2.06. The first-order chi connectivity index (χ1) is 8.11. The summed E-state index contributed by atoms with van der Waals surface area (Å²) >= 11 is 0. The van der Waals surface area contributed by atoms with Gasteiger partial charge in [0.1, 0.15) is 6.54 Å². The monoisotopic (exact) mass is 231 g/mol. The van der Waals surface area contributed by atoms with Crippen LogP contribution in [0.4, 0.5) is 0 Å². The Bertz CT molecular complexity index is 543. The van der Waals surface area contributed by atoms with Gasteiger partial charge in [-0.15, -0.1) is 0 Å². The number of nitrogens with one attached hydrogen (secondary N) is 1. The number of carbonyl (C=O) groups excluding carboxylic acids is 1. The van der Waals surface area contributed by atoms with Gasteiger partial charge < -0.3 is 4.57 Å². The van der Waals surface area contributed by atoms with Crippen LogP contribution in [0.2, 0.25) is 0 Å². The average molecular weight is 231 g/mol. The molecular formula is C13H17N3O. The number of amides is 1. The SMILES string of the molecule is CC(C)c1ccc2c(ccn2CC(=O)NN)c1. The molecule has 0 spiro atoms. The van der Waals surface area contributed by atoms with Crippen LogP contribution in [0, 0.1) is 0 Å². The van der Waals surface area contributed by atoms with Crippen LogP contribution < -0.4 is 11.3 Å². The van der Waals surface area contributed by atoms with E-state index >= 15 is 0 Å². The number of fused-ring (bicyclic) bond motifs is 1. The summed E-state index contributed by atoms with van der Waals surface area (Å²) < 4.78 is 1.89. The molecule has 0 bridgehead atoms. The molecule has 0 aliphatic carbocycles. The Morgan fingerprint density at radius 2 is 2.18 bits per heavy atom. The van der Waals surface area contributed by atoms with Gasteiger partial charge in [0, 0.05) is 11.7 Å². The molecule has 1 aromatic carbocycles. The van der Waals surface area contributed by atoms with E-state index in [0.717, 1.165) is 10.9 Å². The molecule has 0 fully saturated rings. The van der Waals surface area contributed by atoms with Gasteiger partial charge in [0.15, 0.2) is 0 Å². The van der Waals surface area contributed by atoms with Crippen LogP contribution in [0.5, 0.6) is 0 Å². The van der Waals surface area contributed by atoms with E-state index in [9.17, 15) is 4.79 Å². The lowest BCUT2D eigenvalue weighted by Gasteiger charge is -2.07. The first-order valence-corrected chi connectivity index (χ1v) is 5.70. The molecule has 2 rings (SSSR count). The van der Waals surface area contributed by atoms with Crippen molar-refractivity contribution in [3.8, 4) is 0 Å². The second-order valence-corrected chi connectivity index (χ2v) is 4.48. The van der Waals surface area contributed by atoms with Crippen LogP contribution >= 0.6 is 0 Å². The molecule has 0 saturated heterocycles. The number of benzene rings is 1. The average Bonchev–Trinajstić information content (AvgIpc) is 2.71. The van der Waals surface area contributed by atoms with Crippen LogP contribution in [0.1, 0.15) is 25.3 Å². The van der Waals surface area contributed by atoms with Crippen LogP contribution in [-0.4, -0.2) is 10.5 Å². The third-order valence-electron chi connectivity index (χ3n) is 2.94. The Balaban J connectivity index is 2.38. The van der Waals surface area contributed by atoms with Crippen molar-refractivity contribution in [2.75, 3.05) is 0 Å². The second-order valence-electron chi connectivity index (χ2n) is 4.48. The smallest absolute Gasteiger partial charge is 0.253 e. The highest BCUT2D eigenvalue weighted by atomic mass is 16.2. The van der Waals surface area contributed by atoms with Gasteiger partial charge in [-0.05, 0) is 35.1 Å². The lowest BCUT2D eigenvalue weighted by molar-refractivity contribution is -0.121. The van der Waals surface area contributed by atoms with E-state index in [1.165, 1.54) is 5.56 Å². The van der Waals surface area contributed by atoms with E-state index < -0.39 is 0 Å². The molecule has 4 nitrogen and oxygen atoms in total. The van der Waals surface area contributed by atoms with Crippen molar-refractivity contribution in [2.45, 2.75) is 26.3 Å². The highest BCUT2D eigenvalue weighted by Crippen LogP contribution is 2.22. The number of aromatic nitrogens is 1. The molecule has 1 heterocycles. The summed E-state index contributed by atoms with van der Waals surface area (Å²) in [5.41, 5.74) is 4.50. The van der Waals surface area contributed by atoms with Gasteiger partial charge in [-0.1, -0.05) is 19.9 Å². The minimum absolute atomic E-state index is 0.199. The zero-order valence-electron chi connectivity index (χ0n) is 10.1. The topological polar surface area (TPSA) is 60.0 Å². The molecule has 0 radical (unpaired) electrons. The number of nitrogens with zero attached hydrogens (tertiary/aromatic N) is 1. The van der Waals surface area contributed by atoms with E-state index in [4.69, 9.17) is 5.84 Å². The van der Waals surface area contributed by atoms with Crippen molar-refractivity contribution in [3.05, 3.63) is 36.0 Å². The first-order valence-electron chi connectivity index (χ1n) is 5.70. The summed E-state index contributed by atoms with van der Waals surface area (Å²) in [5, 5.41) is 1.15. The molecule has 2 aromatic rings. The number of rotatable bonds is 3. The van der Waals surface area contributed by atoms with Crippen molar-refractivity contribution in [3.63, 3.8) is 0 Å². The van der Waals surface area contributed by atoms with Crippen LogP contribution in [0.3, 0.4) is 0 Å². The zero-order valence-corrected chi connectivity index (χ0v) is 10.1. The summed E-state index contributed by atoms with van der Waals surface area (Å²) in [7, 11) is 0. The molecule has 0 saturated carbocycles. The van der Waals surface area contributed by atoms with Crippen LogP contribution in [-0.2, 0) is 11.3 Å². The van der Waals surface area contributed by atoms with E-state index in [-0.39, 0.29) is 12.5 Å². The molecule has 0 aliphatic rings. The second kappa shape index (κ2) is 4.59. The van der Waals surface area contributed by atoms with Crippen molar-refractivity contribution in [1.82, 2.24) is 9.99 Å². The zero-order chi connectivity index (χ0) is 12.4. The van der Waals surface area contributed by atoms with Crippen LogP contribution in [0.25, 0.3) is 10.9 Å². The van der Waals surface area contributed by atoms with Gasteiger partial charge in [0.05, 0.1) is 0 Å². The highest BCUT2D eigenvalue weighted by molar-refractivity contribution is 5.83. The fraction of sp³-hybridized carbons (Fsp3) is 0.308. The maximum absolute atomic E-state index is 11.2. The Kier molecular flexibility index (Phi) is 3.15. The van der Waals surface area contributed by atoms with Gasteiger partial charge in [-0.25, -0.2) is 5.84 Å². The molecule has 0 aliphatic heterocycles. The van der Waals surface area contributed by atoms with Crippen LogP contribution in [0.15, 0.2) is 30.5 Å². The Morgan fingerprint density at radius 3 is 2.82 bits per heavy atom. The first kappa shape index (κ1) is 11.7. The van der Waals surface area contributed by atoms with Crippen molar-refractivity contribution < 1.29 is 4.79 Å². The molecule has 3 N–H and O–H groups in total. The van der Waals surface area contributed by atoms with Gasteiger partial charge in [0.25, 0.3) is 5.91 Å². The van der Waals surface area contributed by atoms with E-state index in [2.05, 4.69) is 37.5 Å². The predicted molar refractivity (Wildman–Crippen MR) is 68.4 cm³/mol. The van der Waals surface area contributed by atoms with Gasteiger partial charge in [-0.3, -0.25) is 10.2 Å². The maximum Gasteiger partial charge on any atom is 0.253 e. The molecular weight excluding hydrogens is 214 g/mol. The maximum atomic E-state index is 11.2. The number of nitrogens with two attached hydrogens (primary N) is 1. The molecule has 17 heavy (non-hydrogen) atoms. The third kappa shape index (κ3) is 2.31.